The first-order valence-corrected chi connectivity index (χ1v) is 10.1. The Morgan fingerprint density at radius 2 is 1.85 bits per heavy atom. The molecule has 1 heterocycles. The fourth-order valence-electron chi connectivity index (χ4n) is 2.35. The van der Waals surface area contributed by atoms with Crippen molar-refractivity contribution in [3.05, 3.63) is 46.7 Å². The van der Waals surface area contributed by atoms with E-state index in [2.05, 4.69) is 16.0 Å². The molecule has 9 nitrogen and oxygen atoms in total. The summed E-state index contributed by atoms with van der Waals surface area (Å²) in [5.41, 5.74) is 6.26. The van der Waals surface area contributed by atoms with Gasteiger partial charge in [0.1, 0.15) is 13.1 Å². The van der Waals surface area contributed by atoms with E-state index in [1.807, 2.05) is 6.07 Å². The van der Waals surface area contributed by atoms with E-state index < -0.39 is 28.4 Å². The maximum atomic E-state index is 12.1. The highest BCUT2D eigenvalue weighted by Gasteiger charge is 2.21. The van der Waals surface area contributed by atoms with Crippen LogP contribution in [0.5, 0.6) is 0 Å². The third-order valence-electron chi connectivity index (χ3n) is 3.52. The second-order valence-electron chi connectivity index (χ2n) is 5.93. The first-order chi connectivity index (χ1) is 12.6. The Labute approximate surface area is 162 Å². The number of nitrogens with zero attached hydrogens (tertiary/aromatic N) is 3. The summed E-state index contributed by atoms with van der Waals surface area (Å²) in [7, 11) is -3.73. The zero-order chi connectivity index (χ0) is 20.2. The van der Waals surface area contributed by atoms with Crippen LogP contribution in [0.25, 0.3) is 0 Å². The van der Waals surface area contributed by atoms with Gasteiger partial charge in [0.15, 0.2) is 0 Å². The van der Waals surface area contributed by atoms with Gasteiger partial charge in [-0.15, -0.1) is 0 Å². The van der Waals surface area contributed by atoms with Gasteiger partial charge in [0.2, 0.25) is 10.0 Å². The molecule has 0 aliphatic heterocycles. The summed E-state index contributed by atoms with van der Waals surface area (Å²) in [5.74, 6) is -1.20. The Balaban J connectivity index is 1.98. The summed E-state index contributed by atoms with van der Waals surface area (Å²) in [6, 6.07) is 7.93. The molecule has 0 radical (unpaired) electrons. The van der Waals surface area contributed by atoms with Crippen molar-refractivity contribution in [1.29, 1.82) is 0 Å². The third kappa shape index (κ3) is 5.97. The van der Waals surface area contributed by atoms with Crippen molar-refractivity contribution in [1.82, 2.24) is 20.6 Å². The molecule has 0 saturated carbocycles. The van der Waals surface area contributed by atoms with Gasteiger partial charge in [-0.1, -0.05) is 17.7 Å². The molecule has 0 fully saturated rings. The lowest BCUT2D eigenvalue weighted by atomic mass is 10.3. The van der Waals surface area contributed by atoms with Crippen LogP contribution < -0.4 is 15.2 Å². The number of hydrogen-bond acceptors (Lipinski definition) is 5. The molecule has 27 heavy (non-hydrogen) atoms. The second kappa shape index (κ2) is 8.40. The van der Waals surface area contributed by atoms with Crippen molar-refractivity contribution in [2.45, 2.75) is 20.4 Å². The standard InChI is InChI=1S/C16H20ClN5O4S/c1-11-7-12(2)21(20-11)9-15(23)18-19-16(24)10-22(27(3,25)26)14-6-4-5-13(17)8-14/h4-8H,9-10H2,1-3H3,(H,18,23)(H,19,24). The number of anilines is 1. The summed E-state index contributed by atoms with van der Waals surface area (Å²) < 4.78 is 26.4. The van der Waals surface area contributed by atoms with Crippen LogP contribution in [0.1, 0.15) is 11.4 Å². The van der Waals surface area contributed by atoms with Crippen LogP contribution >= 0.6 is 11.6 Å². The topological polar surface area (TPSA) is 113 Å². The molecule has 2 N–H and O–H groups in total. The van der Waals surface area contributed by atoms with Gasteiger partial charge >= 0.3 is 0 Å². The van der Waals surface area contributed by atoms with E-state index in [0.717, 1.165) is 21.9 Å². The van der Waals surface area contributed by atoms with E-state index in [9.17, 15) is 18.0 Å². The van der Waals surface area contributed by atoms with Gasteiger partial charge in [0.25, 0.3) is 11.8 Å². The van der Waals surface area contributed by atoms with Crippen molar-refractivity contribution in [2.24, 2.45) is 0 Å². The molecule has 0 aliphatic rings. The molecule has 11 heteroatoms. The van der Waals surface area contributed by atoms with E-state index in [1.165, 1.54) is 16.8 Å². The number of amides is 2. The molecule has 2 amide bonds. The van der Waals surface area contributed by atoms with Gasteiger partial charge in [-0.05, 0) is 38.1 Å². The average Bonchev–Trinajstić information content (AvgIpc) is 2.87. The SMILES string of the molecule is Cc1cc(C)n(CC(=O)NNC(=O)CN(c2cccc(Cl)c2)S(C)(=O)=O)n1. The predicted molar refractivity (Wildman–Crippen MR) is 102 cm³/mol. The van der Waals surface area contributed by atoms with E-state index in [1.54, 1.807) is 26.0 Å². The zero-order valence-electron chi connectivity index (χ0n) is 15.1. The minimum atomic E-state index is -3.73. The maximum absolute atomic E-state index is 12.1. The minimum absolute atomic E-state index is 0.0793. The molecule has 146 valence electrons. The van der Waals surface area contributed by atoms with E-state index in [0.29, 0.717) is 5.02 Å². The predicted octanol–water partition coefficient (Wildman–Crippen LogP) is 0.767. The number of halogens is 1. The van der Waals surface area contributed by atoms with E-state index >= 15 is 0 Å². The summed E-state index contributed by atoms with van der Waals surface area (Å²) in [6.07, 6.45) is 0.975. The monoisotopic (exact) mass is 413 g/mol. The number of benzene rings is 1. The first-order valence-electron chi connectivity index (χ1n) is 7.88. The lowest BCUT2D eigenvalue weighted by Crippen LogP contribution is -2.48. The highest BCUT2D eigenvalue weighted by molar-refractivity contribution is 7.92. The molecule has 0 atom stereocenters. The fraction of sp³-hybridized carbons (Fsp3) is 0.312. The van der Waals surface area contributed by atoms with Crippen LogP contribution in [-0.2, 0) is 26.2 Å². The van der Waals surface area contributed by atoms with Crippen molar-refractivity contribution in [2.75, 3.05) is 17.1 Å². The quantitative estimate of drug-likeness (QED) is 0.679. The number of aryl methyl sites for hydroxylation is 2. The summed E-state index contributed by atoms with van der Waals surface area (Å²) >= 11 is 5.88. The van der Waals surface area contributed by atoms with E-state index in [4.69, 9.17) is 11.6 Å². The Bertz CT molecular complexity index is 957. The number of carbonyl (C=O) groups excluding carboxylic acids is 2. The average molecular weight is 414 g/mol. The Kier molecular flexibility index (Phi) is 6.45. The first kappa shape index (κ1) is 20.7. The number of sulfonamides is 1. The smallest absolute Gasteiger partial charge is 0.260 e. The molecule has 0 unspecified atom stereocenters. The Morgan fingerprint density at radius 3 is 2.41 bits per heavy atom. The van der Waals surface area contributed by atoms with Crippen LogP contribution in [0, 0.1) is 13.8 Å². The normalized spacial score (nSPS) is 11.1. The van der Waals surface area contributed by atoms with Crippen LogP contribution in [-0.4, -0.2) is 42.8 Å². The lowest BCUT2D eigenvalue weighted by molar-refractivity contribution is -0.128. The molecule has 2 aromatic rings. The molecule has 1 aromatic carbocycles. The summed E-state index contributed by atoms with van der Waals surface area (Å²) in [6.45, 7) is 3.02. The van der Waals surface area contributed by atoms with Crippen LogP contribution in [0.15, 0.2) is 30.3 Å². The number of rotatable bonds is 6. The fourth-order valence-corrected chi connectivity index (χ4v) is 3.38. The molecule has 0 spiro atoms. The van der Waals surface area contributed by atoms with Crippen molar-refractivity contribution < 1.29 is 18.0 Å². The summed E-state index contributed by atoms with van der Waals surface area (Å²) in [4.78, 5) is 24.0. The molecule has 0 bridgehead atoms. The highest BCUT2D eigenvalue weighted by Crippen LogP contribution is 2.21. The van der Waals surface area contributed by atoms with Crippen LogP contribution in [0.4, 0.5) is 5.69 Å². The Hall–Kier alpha value is -2.59. The zero-order valence-corrected chi connectivity index (χ0v) is 16.6. The number of aromatic nitrogens is 2. The van der Waals surface area contributed by atoms with Gasteiger partial charge in [0, 0.05) is 10.7 Å². The minimum Gasteiger partial charge on any atom is -0.271 e. The Morgan fingerprint density at radius 1 is 1.19 bits per heavy atom. The van der Waals surface area contributed by atoms with Gasteiger partial charge in [0.05, 0.1) is 17.6 Å². The molecule has 2 rings (SSSR count). The molecular weight excluding hydrogens is 394 g/mol. The number of nitrogens with one attached hydrogen (secondary N) is 2. The second-order valence-corrected chi connectivity index (χ2v) is 8.27. The van der Waals surface area contributed by atoms with Gasteiger partial charge < -0.3 is 0 Å². The number of hydrazine groups is 1. The lowest BCUT2D eigenvalue weighted by Gasteiger charge is -2.22. The van der Waals surface area contributed by atoms with Crippen molar-refractivity contribution >= 4 is 39.1 Å². The van der Waals surface area contributed by atoms with Gasteiger partial charge in [-0.25, -0.2) is 8.42 Å². The van der Waals surface area contributed by atoms with E-state index in [-0.39, 0.29) is 12.2 Å². The van der Waals surface area contributed by atoms with Gasteiger partial charge in [-0.3, -0.25) is 29.4 Å². The molecule has 0 aliphatic carbocycles. The summed E-state index contributed by atoms with van der Waals surface area (Å²) in [5, 5.41) is 4.48. The molecular formula is C16H20ClN5O4S. The van der Waals surface area contributed by atoms with Crippen LogP contribution in [0.2, 0.25) is 5.02 Å². The van der Waals surface area contributed by atoms with Crippen molar-refractivity contribution in [3.8, 4) is 0 Å². The highest BCUT2D eigenvalue weighted by atomic mass is 35.5. The largest absolute Gasteiger partial charge is 0.271 e. The van der Waals surface area contributed by atoms with Gasteiger partial charge in [-0.2, -0.15) is 5.10 Å². The number of hydrogen-bond donors (Lipinski definition) is 2. The maximum Gasteiger partial charge on any atom is 0.260 e. The third-order valence-corrected chi connectivity index (χ3v) is 4.90. The van der Waals surface area contributed by atoms with Crippen molar-refractivity contribution in [3.63, 3.8) is 0 Å². The van der Waals surface area contributed by atoms with Crippen LogP contribution in [0.3, 0.4) is 0 Å². The number of carbonyl (C=O) groups is 2. The molecule has 1 aromatic heterocycles. The molecule has 0 saturated heterocycles.